The summed E-state index contributed by atoms with van der Waals surface area (Å²) in [6.07, 6.45) is 8.25. The Kier molecular flexibility index (Phi) is 7.58. The highest BCUT2D eigenvalue weighted by atomic mass is 16.5. The summed E-state index contributed by atoms with van der Waals surface area (Å²) >= 11 is 0. The van der Waals surface area contributed by atoms with Crippen LogP contribution in [0.1, 0.15) is 43.0 Å². The first-order valence-electron chi connectivity index (χ1n) is 10.1. The van der Waals surface area contributed by atoms with Crippen molar-refractivity contribution in [1.29, 1.82) is 0 Å². The monoisotopic (exact) mass is 396 g/mol. The molecule has 3 rings (SSSR count). The SMILES string of the molecule is CC1CCCCC1OCCNC(=O)Nc1cccc(NC(=O)c2ccncc2)c1. The molecule has 154 valence electrons. The van der Waals surface area contributed by atoms with Crippen molar-refractivity contribution in [2.45, 2.75) is 38.7 Å². The maximum Gasteiger partial charge on any atom is 0.319 e. The van der Waals surface area contributed by atoms with Crippen LogP contribution in [0.25, 0.3) is 0 Å². The number of nitrogens with zero attached hydrogens (tertiary/aromatic N) is 1. The quantitative estimate of drug-likeness (QED) is 0.616. The van der Waals surface area contributed by atoms with Crippen LogP contribution in [0.4, 0.5) is 16.2 Å². The maximum atomic E-state index is 12.2. The Morgan fingerprint density at radius 1 is 1.07 bits per heavy atom. The minimum Gasteiger partial charge on any atom is -0.376 e. The van der Waals surface area contributed by atoms with Crippen LogP contribution in [0, 0.1) is 5.92 Å². The Balaban J connectivity index is 1.42. The average molecular weight is 396 g/mol. The topological polar surface area (TPSA) is 92.4 Å². The molecule has 0 spiro atoms. The number of pyridine rings is 1. The summed E-state index contributed by atoms with van der Waals surface area (Å²) < 4.78 is 5.91. The number of nitrogens with one attached hydrogen (secondary N) is 3. The second-order valence-corrected chi connectivity index (χ2v) is 7.32. The van der Waals surface area contributed by atoms with Crippen molar-refractivity contribution in [3.05, 3.63) is 54.4 Å². The fraction of sp³-hybridized carbons (Fsp3) is 0.409. The Morgan fingerprint density at radius 2 is 1.79 bits per heavy atom. The second kappa shape index (κ2) is 10.6. The van der Waals surface area contributed by atoms with Crippen LogP contribution >= 0.6 is 0 Å². The van der Waals surface area contributed by atoms with Crippen LogP contribution in [-0.2, 0) is 4.74 Å². The smallest absolute Gasteiger partial charge is 0.319 e. The maximum absolute atomic E-state index is 12.2. The van der Waals surface area contributed by atoms with E-state index in [1.165, 1.54) is 19.3 Å². The highest BCUT2D eigenvalue weighted by Gasteiger charge is 2.21. The highest BCUT2D eigenvalue weighted by Crippen LogP contribution is 2.26. The zero-order valence-electron chi connectivity index (χ0n) is 16.7. The Hall–Kier alpha value is -2.93. The molecule has 3 amide bonds. The fourth-order valence-electron chi connectivity index (χ4n) is 3.46. The molecule has 1 heterocycles. The van der Waals surface area contributed by atoms with E-state index in [-0.39, 0.29) is 11.9 Å². The van der Waals surface area contributed by atoms with E-state index in [9.17, 15) is 9.59 Å². The molecule has 1 fully saturated rings. The Labute approximate surface area is 171 Å². The van der Waals surface area contributed by atoms with E-state index in [0.717, 1.165) is 6.42 Å². The van der Waals surface area contributed by atoms with Crippen molar-refractivity contribution in [2.24, 2.45) is 5.92 Å². The van der Waals surface area contributed by atoms with E-state index in [1.807, 2.05) is 0 Å². The van der Waals surface area contributed by atoms with Crippen molar-refractivity contribution < 1.29 is 14.3 Å². The van der Waals surface area contributed by atoms with Crippen molar-refractivity contribution in [2.75, 3.05) is 23.8 Å². The van der Waals surface area contributed by atoms with Crippen LogP contribution in [0.15, 0.2) is 48.8 Å². The van der Waals surface area contributed by atoms with Crippen LogP contribution in [0.2, 0.25) is 0 Å². The molecule has 0 aliphatic heterocycles. The molecular weight excluding hydrogens is 368 g/mol. The van der Waals surface area contributed by atoms with Gasteiger partial charge in [0.1, 0.15) is 0 Å². The lowest BCUT2D eigenvalue weighted by atomic mass is 9.88. The van der Waals surface area contributed by atoms with Crippen LogP contribution in [-0.4, -0.2) is 36.2 Å². The highest BCUT2D eigenvalue weighted by molar-refractivity contribution is 6.04. The minimum absolute atomic E-state index is 0.233. The first kappa shape index (κ1) is 20.8. The second-order valence-electron chi connectivity index (χ2n) is 7.32. The molecule has 2 aromatic rings. The van der Waals surface area contributed by atoms with Gasteiger partial charge >= 0.3 is 6.03 Å². The number of hydrogen-bond acceptors (Lipinski definition) is 4. The number of carbonyl (C=O) groups excluding carboxylic acids is 2. The molecule has 1 aliphatic rings. The molecule has 29 heavy (non-hydrogen) atoms. The van der Waals surface area contributed by atoms with E-state index >= 15 is 0 Å². The first-order chi connectivity index (χ1) is 14.1. The van der Waals surface area contributed by atoms with Crippen molar-refractivity contribution in [3.8, 4) is 0 Å². The van der Waals surface area contributed by atoms with Gasteiger partial charge in [-0.3, -0.25) is 9.78 Å². The van der Waals surface area contributed by atoms with Crippen molar-refractivity contribution >= 4 is 23.3 Å². The van der Waals surface area contributed by atoms with Gasteiger partial charge in [-0.15, -0.1) is 0 Å². The number of carbonyl (C=O) groups is 2. The standard InChI is InChI=1S/C22H28N4O3/c1-16-5-2-3-8-20(16)29-14-13-24-22(28)26-19-7-4-6-18(15-19)25-21(27)17-9-11-23-12-10-17/h4,6-7,9-12,15-16,20H,2-3,5,8,13-14H2,1H3,(H,25,27)(H2,24,26,28). The third-order valence-corrected chi connectivity index (χ3v) is 5.07. The molecule has 2 atom stereocenters. The van der Waals surface area contributed by atoms with Crippen LogP contribution < -0.4 is 16.0 Å². The molecule has 0 bridgehead atoms. The minimum atomic E-state index is -0.303. The average Bonchev–Trinajstić information content (AvgIpc) is 2.73. The summed E-state index contributed by atoms with van der Waals surface area (Å²) in [4.78, 5) is 28.2. The largest absolute Gasteiger partial charge is 0.376 e. The van der Waals surface area contributed by atoms with Gasteiger partial charge in [0, 0.05) is 35.9 Å². The molecule has 1 saturated carbocycles. The molecule has 0 saturated heterocycles. The Bertz CT molecular complexity index is 813. The van der Waals surface area contributed by atoms with Crippen LogP contribution in [0.3, 0.4) is 0 Å². The molecule has 2 unspecified atom stereocenters. The van der Waals surface area contributed by atoms with Gasteiger partial charge in [-0.1, -0.05) is 25.8 Å². The lowest BCUT2D eigenvalue weighted by Crippen LogP contribution is -2.34. The number of amides is 3. The number of benzene rings is 1. The normalized spacial score (nSPS) is 18.7. The van der Waals surface area contributed by atoms with Gasteiger partial charge in [0.2, 0.25) is 0 Å². The van der Waals surface area contributed by atoms with E-state index in [0.29, 0.717) is 42.1 Å². The molecule has 3 N–H and O–H groups in total. The molecule has 1 aromatic carbocycles. The molecule has 1 aromatic heterocycles. The number of anilines is 2. The number of urea groups is 1. The molecule has 7 heteroatoms. The van der Waals surface area contributed by atoms with Gasteiger partial charge in [0.05, 0.1) is 12.7 Å². The van der Waals surface area contributed by atoms with E-state index in [4.69, 9.17) is 4.74 Å². The molecule has 1 aliphatic carbocycles. The van der Waals surface area contributed by atoms with Crippen molar-refractivity contribution in [3.63, 3.8) is 0 Å². The van der Waals surface area contributed by atoms with E-state index < -0.39 is 0 Å². The summed E-state index contributed by atoms with van der Waals surface area (Å²) in [6, 6.07) is 9.98. The molecule has 0 radical (unpaired) electrons. The predicted octanol–water partition coefficient (Wildman–Crippen LogP) is 4.05. The van der Waals surface area contributed by atoms with E-state index in [2.05, 4.69) is 27.9 Å². The van der Waals surface area contributed by atoms with Gasteiger partial charge < -0.3 is 20.7 Å². The third kappa shape index (κ3) is 6.57. The van der Waals surface area contributed by atoms with Gasteiger partial charge in [-0.05, 0) is 49.1 Å². The Morgan fingerprint density at radius 3 is 2.55 bits per heavy atom. The van der Waals surface area contributed by atoms with Gasteiger partial charge in [0.15, 0.2) is 0 Å². The summed E-state index contributed by atoms with van der Waals surface area (Å²) in [5.74, 6) is 0.353. The number of ether oxygens (including phenoxy) is 1. The summed E-state index contributed by atoms with van der Waals surface area (Å²) in [5.41, 5.74) is 1.71. The summed E-state index contributed by atoms with van der Waals surface area (Å²) in [6.45, 7) is 3.18. The zero-order chi connectivity index (χ0) is 20.5. The lowest BCUT2D eigenvalue weighted by molar-refractivity contribution is -0.00232. The van der Waals surface area contributed by atoms with Crippen molar-refractivity contribution in [1.82, 2.24) is 10.3 Å². The predicted molar refractivity (Wildman–Crippen MR) is 113 cm³/mol. The lowest BCUT2D eigenvalue weighted by Gasteiger charge is -2.28. The van der Waals surface area contributed by atoms with Crippen LogP contribution in [0.5, 0.6) is 0 Å². The first-order valence-corrected chi connectivity index (χ1v) is 10.1. The van der Waals surface area contributed by atoms with E-state index in [1.54, 1.807) is 48.8 Å². The zero-order valence-corrected chi connectivity index (χ0v) is 16.7. The number of hydrogen-bond donors (Lipinski definition) is 3. The fourth-order valence-corrected chi connectivity index (χ4v) is 3.46. The molecular formula is C22H28N4O3. The summed E-state index contributed by atoms with van der Waals surface area (Å²) in [5, 5.41) is 8.38. The van der Waals surface area contributed by atoms with Gasteiger partial charge in [0.25, 0.3) is 5.91 Å². The number of aromatic nitrogens is 1. The molecule has 7 nitrogen and oxygen atoms in total. The number of rotatable bonds is 7. The van der Waals surface area contributed by atoms with Gasteiger partial charge in [-0.25, -0.2) is 4.79 Å². The van der Waals surface area contributed by atoms with Gasteiger partial charge in [-0.2, -0.15) is 0 Å². The summed E-state index contributed by atoms with van der Waals surface area (Å²) in [7, 11) is 0. The third-order valence-electron chi connectivity index (χ3n) is 5.07.